The smallest absolute Gasteiger partial charge is 0.0254 e. The van der Waals surface area contributed by atoms with Gasteiger partial charge in [0, 0.05) is 5.88 Å². The third kappa shape index (κ3) is 4.42. The van der Waals surface area contributed by atoms with Gasteiger partial charge in [0.2, 0.25) is 0 Å². The zero-order valence-corrected chi connectivity index (χ0v) is 11.7. The number of alkyl halides is 1. The van der Waals surface area contributed by atoms with Gasteiger partial charge in [-0.2, -0.15) is 0 Å². The molecule has 0 radical (unpaired) electrons. The molecule has 3 heteroatoms. The predicted molar refractivity (Wildman–Crippen MR) is 74.7 cm³/mol. The molecule has 2 rings (SSSR count). The van der Waals surface area contributed by atoms with Crippen molar-refractivity contribution in [1.29, 1.82) is 0 Å². The van der Waals surface area contributed by atoms with Crippen LogP contribution in [0.5, 0.6) is 0 Å². The molecule has 2 aliphatic rings. The van der Waals surface area contributed by atoms with E-state index in [0.29, 0.717) is 0 Å². The van der Waals surface area contributed by atoms with Gasteiger partial charge in [-0.1, -0.05) is 6.42 Å². The fraction of sp³-hybridized carbons (Fsp3) is 1.00. The van der Waals surface area contributed by atoms with Crippen LogP contribution >= 0.6 is 11.6 Å². The van der Waals surface area contributed by atoms with E-state index in [4.69, 9.17) is 11.6 Å². The molecule has 2 atom stereocenters. The van der Waals surface area contributed by atoms with Gasteiger partial charge in [0.1, 0.15) is 0 Å². The quantitative estimate of drug-likeness (QED) is 0.558. The molecule has 0 spiro atoms. The number of nitrogens with zero attached hydrogens (tertiary/aromatic N) is 1. The molecule has 1 aliphatic carbocycles. The molecule has 0 aromatic heterocycles. The van der Waals surface area contributed by atoms with Crippen LogP contribution in [-0.4, -0.2) is 43.5 Å². The molecule has 1 heterocycles. The summed E-state index contributed by atoms with van der Waals surface area (Å²) in [6, 6.07) is 0. The van der Waals surface area contributed by atoms with Crippen LogP contribution in [0.15, 0.2) is 0 Å². The van der Waals surface area contributed by atoms with Gasteiger partial charge >= 0.3 is 0 Å². The third-order valence-corrected chi connectivity index (χ3v) is 4.84. The van der Waals surface area contributed by atoms with Crippen molar-refractivity contribution < 1.29 is 0 Å². The highest BCUT2D eigenvalue weighted by atomic mass is 35.5. The Morgan fingerprint density at radius 2 is 1.82 bits per heavy atom. The first kappa shape index (κ1) is 13.6. The predicted octanol–water partition coefficient (Wildman–Crippen LogP) is 2.72. The van der Waals surface area contributed by atoms with Gasteiger partial charge in [0.05, 0.1) is 0 Å². The van der Waals surface area contributed by atoms with Gasteiger partial charge in [-0.3, -0.25) is 0 Å². The zero-order chi connectivity index (χ0) is 11.9. The molecule has 0 amide bonds. The van der Waals surface area contributed by atoms with E-state index in [-0.39, 0.29) is 0 Å². The van der Waals surface area contributed by atoms with E-state index in [2.05, 4.69) is 10.2 Å². The molecule has 1 saturated carbocycles. The number of hydrogen-bond donors (Lipinski definition) is 1. The minimum Gasteiger partial charge on any atom is -0.316 e. The number of rotatable bonds is 7. The van der Waals surface area contributed by atoms with Gasteiger partial charge in [-0.05, 0) is 76.7 Å². The first-order valence-corrected chi connectivity index (χ1v) is 7.92. The van der Waals surface area contributed by atoms with Gasteiger partial charge in [-0.25, -0.2) is 0 Å². The van der Waals surface area contributed by atoms with Crippen LogP contribution < -0.4 is 5.32 Å². The first-order valence-electron chi connectivity index (χ1n) is 7.39. The zero-order valence-electron chi connectivity index (χ0n) is 11.0. The topological polar surface area (TPSA) is 15.3 Å². The van der Waals surface area contributed by atoms with Gasteiger partial charge < -0.3 is 10.2 Å². The average Bonchev–Trinajstić information content (AvgIpc) is 2.98. The fourth-order valence-corrected chi connectivity index (χ4v) is 3.71. The van der Waals surface area contributed by atoms with E-state index in [1.165, 1.54) is 71.2 Å². The number of hydrogen-bond acceptors (Lipinski definition) is 2. The molecule has 1 saturated heterocycles. The Bertz CT molecular complexity index is 204. The van der Waals surface area contributed by atoms with Crippen molar-refractivity contribution in [3.63, 3.8) is 0 Å². The second kappa shape index (κ2) is 7.60. The standard InChI is InChI=1S/C14H27ClN2/c15-11-13-5-3-6-14(13)12-16-7-4-10-17-8-1-2-9-17/h13-14,16H,1-12H2. The van der Waals surface area contributed by atoms with E-state index in [0.717, 1.165) is 17.7 Å². The summed E-state index contributed by atoms with van der Waals surface area (Å²) in [4.78, 5) is 2.60. The summed E-state index contributed by atoms with van der Waals surface area (Å²) in [6.45, 7) is 6.32. The largest absolute Gasteiger partial charge is 0.316 e. The Morgan fingerprint density at radius 1 is 1.06 bits per heavy atom. The Morgan fingerprint density at radius 3 is 2.59 bits per heavy atom. The molecular formula is C14H27ClN2. The van der Waals surface area contributed by atoms with Crippen molar-refractivity contribution in [3.05, 3.63) is 0 Å². The van der Waals surface area contributed by atoms with Crippen LogP contribution in [0.3, 0.4) is 0 Å². The van der Waals surface area contributed by atoms with Crippen LogP contribution in [0.1, 0.15) is 38.5 Å². The van der Waals surface area contributed by atoms with Crippen molar-refractivity contribution in [2.24, 2.45) is 11.8 Å². The molecule has 0 aromatic carbocycles. The maximum Gasteiger partial charge on any atom is 0.0254 e. The summed E-state index contributed by atoms with van der Waals surface area (Å²) in [6.07, 6.45) is 8.25. The highest BCUT2D eigenvalue weighted by molar-refractivity contribution is 6.18. The van der Waals surface area contributed by atoms with Gasteiger partial charge in [0.25, 0.3) is 0 Å². The van der Waals surface area contributed by atoms with E-state index < -0.39 is 0 Å². The van der Waals surface area contributed by atoms with Crippen molar-refractivity contribution in [3.8, 4) is 0 Å². The fourth-order valence-electron chi connectivity index (χ4n) is 3.31. The van der Waals surface area contributed by atoms with Crippen LogP contribution in [0.25, 0.3) is 0 Å². The molecular weight excluding hydrogens is 232 g/mol. The monoisotopic (exact) mass is 258 g/mol. The first-order chi connectivity index (χ1) is 8.40. The molecule has 100 valence electrons. The maximum absolute atomic E-state index is 5.99. The van der Waals surface area contributed by atoms with Crippen molar-refractivity contribution in [2.75, 3.05) is 38.6 Å². The summed E-state index contributed by atoms with van der Waals surface area (Å²) in [7, 11) is 0. The van der Waals surface area contributed by atoms with Crippen molar-refractivity contribution in [2.45, 2.75) is 38.5 Å². The molecule has 1 aliphatic heterocycles. The molecule has 1 N–H and O–H groups in total. The van der Waals surface area contributed by atoms with Crippen LogP contribution in [0.4, 0.5) is 0 Å². The lowest BCUT2D eigenvalue weighted by Crippen LogP contribution is -2.29. The minimum absolute atomic E-state index is 0.780. The Balaban J connectivity index is 1.48. The molecule has 2 nitrogen and oxygen atoms in total. The van der Waals surface area contributed by atoms with Crippen LogP contribution in [0.2, 0.25) is 0 Å². The number of nitrogens with one attached hydrogen (secondary N) is 1. The average molecular weight is 259 g/mol. The van der Waals surface area contributed by atoms with Gasteiger partial charge in [0.15, 0.2) is 0 Å². The molecule has 0 aromatic rings. The van der Waals surface area contributed by atoms with E-state index in [1.807, 2.05) is 0 Å². The minimum atomic E-state index is 0.780. The van der Waals surface area contributed by atoms with Crippen molar-refractivity contribution >= 4 is 11.6 Å². The van der Waals surface area contributed by atoms with E-state index >= 15 is 0 Å². The number of likely N-dealkylation sites (tertiary alicyclic amines) is 1. The van der Waals surface area contributed by atoms with E-state index in [1.54, 1.807) is 0 Å². The summed E-state index contributed by atoms with van der Waals surface area (Å²) in [5, 5.41) is 3.63. The maximum atomic E-state index is 5.99. The summed E-state index contributed by atoms with van der Waals surface area (Å²) < 4.78 is 0. The van der Waals surface area contributed by atoms with E-state index in [9.17, 15) is 0 Å². The summed E-state index contributed by atoms with van der Waals surface area (Å²) in [5.41, 5.74) is 0. The lowest BCUT2D eigenvalue weighted by Gasteiger charge is -2.18. The molecule has 0 bridgehead atoms. The molecule has 2 fully saturated rings. The number of halogens is 1. The third-order valence-electron chi connectivity index (χ3n) is 4.45. The highest BCUT2D eigenvalue weighted by Crippen LogP contribution is 2.31. The Kier molecular flexibility index (Phi) is 6.10. The summed E-state index contributed by atoms with van der Waals surface area (Å²) >= 11 is 5.99. The lowest BCUT2D eigenvalue weighted by molar-refractivity contribution is 0.325. The summed E-state index contributed by atoms with van der Waals surface area (Å²) in [5.74, 6) is 2.49. The molecule has 17 heavy (non-hydrogen) atoms. The lowest BCUT2D eigenvalue weighted by atomic mass is 9.98. The normalized spacial score (nSPS) is 30.2. The Labute approximate surface area is 111 Å². The SMILES string of the molecule is ClCC1CCCC1CNCCCN1CCCC1. The second-order valence-electron chi connectivity index (χ2n) is 5.71. The van der Waals surface area contributed by atoms with Crippen LogP contribution in [-0.2, 0) is 0 Å². The highest BCUT2D eigenvalue weighted by Gasteiger charge is 2.25. The van der Waals surface area contributed by atoms with Crippen LogP contribution in [0, 0.1) is 11.8 Å². The van der Waals surface area contributed by atoms with Gasteiger partial charge in [-0.15, -0.1) is 11.6 Å². The second-order valence-corrected chi connectivity index (χ2v) is 6.02. The van der Waals surface area contributed by atoms with Crippen molar-refractivity contribution in [1.82, 2.24) is 10.2 Å². The molecule has 2 unspecified atom stereocenters. The Hall–Kier alpha value is 0.210.